The maximum atomic E-state index is 13.9. The molecule has 0 fully saturated rings. The average Bonchev–Trinajstić information content (AvgIpc) is 2.78. The van der Waals surface area contributed by atoms with Crippen molar-refractivity contribution in [2.45, 2.75) is 13.0 Å². The average molecular weight is 386 g/mol. The van der Waals surface area contributed by atoms with E-state index in [2.05, 4.69) is 21.2 Å². The number of hydrogen-bond donors (Lipinski definition) is 1. The monoisotopic (exact) mass is 385 g/mol. The molecule has 1 aromatic heterocycles. The zero-order chi connectivity index (χ0) is 15.9. The van der Waals surface area contributed by atoms with Crippen LogP contribution in [0, 0.1) is 36.0 Å². The molecule has 0 amide bonds. The van der Waals surface area contributed by atoms with Crippen LogP contribution in [0.1, 0.15) is 21.4 Å². The third kappa shape index (κ3) is 2.72. The van der Waals surface area contributed by atoms with E-state index in [9.17, 15) is 22.0 Å². The minimum Gasteiger partial charge on any atom is -0.308 e. The molecule has 0 saturated carbocycles. The minimum atomic E-state index is -2.16. The Morgan fingerprint density at radius 2 is 1.48 bits per heavy atom. The molecule has 1 atom stereocenters. The van der Waals surface area contributed by atoms with Crippen LogP contribution >= 0.6 is 27.3 Å². The number of benzene rings is 1. The Morgan fingerprint density at radius 3 is 1.86 bits per heavy atom. The van der Waals surface area contributed by atoms with E-state index in [-0.39, 0.29) is 0 Å². The molecular weight excluding hydrogens is 377 g/mol. The van der Waals surface area contributed by atoms with Gasteiger partial charge in [0.15, 0.2) is 23.3 Å². The van der Waals surface area contributed by atoms with Crippen LogP contribution in [0.4, 0.5) is 22.0 Å². The van der Waals surface area contributed by atoms with Gasteiger partial charge in [-0.05, 0) is 36.0 Å². The molecule has 0 spiro atoms. The lowest BCUT2D eigenvalue weighted by Crippen LogP contribution is -2.22. The fourth-order valence-electron chi connectivity index (χ4n) is 1.98. The number of rotatable bonds is 3. The molecule has 0 bridgehead atoms. The summed E-state index contributed by atoms with van der Waals surface area (Å²) in [5.74, 6) is -9.72. The highest BCUT2D eigenvalue weighted by atomic mass is 79.9. The van der Waals surface area contributed by atoms with Crippen LogP contribution in [-0.4, -0.2) is 7.05 Å². The molecule has 0 saturated heterocycles. The summed E-state index contributed by atoms with van der Waals surface area (Å²) >= 11 is 4.41. The first-order chi connectivity index (χ1) is 9.79. The molecule has 114 valence electrons. The molecule has 2 aromatic rings. The summed E-state index contributed by atoms with van der Waals surface area (Å²) in [5, 5.41) is 2.59. The quantitative estimate of drug-likeness (QED) is 0.453. The molecule has 0 radical (unpaired) electrons. The van der Waals surface area contributed by atoms with Crippen LogP contribution in [-0.2, 0) is 0 Å². The van der Waals surface area contributed by atoms with Gasteiger partial charge in [0.1, 0.15) is 0 Å². The third-order valence-electron chi connectivity index (χ3n) is 2.92. The molecule has 8 heteroatoms. The Kier molecular flexibility index (Phi) is 4.69. The van der Waals surface area contributed by atoms with E-state index >= 15 is 0 Å². The predicted molar refractivity (Wildman–Crippen MR) is 73.9 cm³/mol. The summed E-state index contributed by atoms with van der Waals surface area (Å²) in [5.41, 5.74) is -0.892. The van der Waals surface area contributed by atoms with Gasteiger partial charge in [-0.2, -0.15) is 0 Å². The Hall–Kier alpha value is -0.990. The SMILES string of the molecule is CNC(c1sc(C)cc1Br)c1c(F)c(F)c(F)c(F)c1F. The van der Waals surface area contributed by atoms with E-state index in [0.29, 0.717) is 9.35 Å². The molecule has 0 aliphatic rings. The number of thiophene rings is 1. The fourth-order valence-corrected chi connectivity index (χ4v) is 3.98. The van der Waals surface area contributed by atoms with Crippen molar-refractivity contribution in [3.05, 3.63) is 54.9 Å². The van der Waals surface area contributed by atoms with Crippen molar-refractivity contribution in [1.82, 2.24) is 5.32 Å². The molecule has 2 rings (SSSR count). The van der Waals surface area contributed by atoms with Crippen LogP contribution < -0.4 is 5.32 Å². The van der Waals surface area contributed by atoms with Gasteiger partial charge in [-0.15, -0.1) is 11.3 Å². The number of aryl methyl sites for hydroxylation is 1. The molecule has 1 nitrogen and oxygen atoms in total. The normalized spacial score (nSPS) is 12.8. The zero-order valence-corrected chi connectivity index (χ0v) is 13.2. The minimum absolute atomic E-state index is 0.429. The highest BCUT2D eigenvalue weighted by molar-refractivity contribution is 9.10. The maximum Gasteiger partial charge on any atom is 0.200 e. The predicted octanol–water partition coefficient (Wildman–Crippen LogP) is 4.82. The smallest absolute Gasteiger partial charge is 0.200 e. The Balaban J connectivity index is 2.72. The van der Waals surface area contributed by atoms with Crippen molar-refractivity contribution in [3.63, 3.8) is 0 Å². The number of nitrogens with one attached hydrogen (secondary N) is 1. The molecular formula is C13H9BrF5NS. The lowest BCUT2D eigenvalue weighted by molar-refractivity contribution is 0.364. The summed E-state index contributed by atoms with van der Waals surface area (Å²) in [6.07, 6.45) is 0. The van der Waals surface area contributed by atoms with E-state index in [4.69, 9.17) is 0 Å². The molecule has 0 aliphatic heterocycles. The van der Waals surface area contributed by atoms with Crippen molar-refractivity contribution in [2.24, 2.45) is 0 Å². The van der Waals surface area contributed by atoms with Gasteiger partial charge < -0.3 is 5.32 Å². The number of hydrogen-bond acceptors (Lipinski definition) is 2. The van der Waals surface area contributed by atoms with Gasteiger partial charge in [0.25, 0.3) is 0 Å². The van der Waals surface area contributed by atoms with E-state index in [1.54, 1.807) is 13.0 Å². The molecule has 1 N–H and O–H groups in total. The molecule has 1 aromatic carbocycles. The highest BCUT2D eigenvalue weighted by Crippen LogP contribution is 2.38. The van der Waals surface area contributed by atoms with E-state index < -0.39 is 40.7 Å². The first kappa shape index (κ1) is 16.4. The van der Waals surface area contributed by atoms with Crippen molar-refractivity contribution in [1.29, 1.82) is 0 Å². The second-order valence-corrected chi connectivity index (χ2v) is 6.42. The van der Waals surface area contributed by atoms with E-state index in [1.165, 1.54) is 18.4 Å². The van der Waals surface area contributed by atoms with E-state index in [0.717, 1.165) is 4.88 Å². The first-order valence-electron chi connectivity index (χ1n) is 5.74. The second kappa shape index (κ2) is 6.02. The third-order valence-corrected chi connectivity index (χ3v) is 4.95. The summed E-state index contributed by atoms with van der Waals surface area (Å²) in [7, 11) is 1.38. The summed E-state index contributed by atoms with van der Waals surface area (Å²) in [6, 6.07) is 0.554. The van der Waals surface area contributed by atoms with Crippen molar-refractivity contribution >= 4 is 27.3 Å². The van der Waals surface area contributed by atoms with Gasteiger partial charge >= 0.3 is 0 Å². The van der Waals surface area contributed by atoms with Gasteiger partial charge in [-0.1, -0.05) is 0 Å². The molecule has 1 heterocycles. The molecule has 21 heavy (non-hydrogen) atoms. The van der Waals surface area contributed by atoms with Gasteiger partial charge in [0.2, 0.25) is 5.82 Å². The second-order valence-electron chi connectivity index (χ2n) is 4.27. The topological polar surface area (TPSA) is 12.0 Å². The van der Waals surface area contributed by atoms with Crippen LogP contribution in [0.15, 0.2) is 10.5 Å². The van der Waals surface area contributed by atoms with Crippen molar-refractivity contribution < 1.29 is 22.0 Å². The summed E-state index contributed by atoms with van der Waals surface area (Å²) in [4.78, 5) is 1.26. The standard InChI is InChI=1S/C13H9BrF5NS/c1-4-3-5(14)13(21-4)12(20-2)6-7(15)9(17)11(19)10(18)8(6)16/h3,12,20H,1-2H3. The largest absolute Gasteiger partial charge is 0.308 e. The highest BCUT2D eigenvalue weighted by Gasteiger charge is 2.32. The summed E-state index contributed by atoms with van der Waals surface area (Å²) in [6.45, 7) is 1.77. The first-order valence-corrected chi connectivity index (χ1v) is 7.35. The van der Waals surface area contributed by atoms with Gasteiger partial charge in [0.05, 0.1) is 11.6 Å². The van der Waals surface area contributed by atoms with Crippen molar-refractivity contribution in [3.8, 4) is 0 Å². The van der Waals surface area contributed by atoms with Gasteiger partial charge in [0, 0.05) is 14.2 Å². The lowest BCUT2D eigenvalue weighted by atomic mass is 10.0. The van der Waals surface area contributed by atoms with Crippen molar-refractivity contribution in [2.75, 3.05) is 7.05 Å². The Labute approximate surface area is 129 Å². The lowest BCUT2D eigenvalue weighted by Gasteiger charge is -2.18. The van der Waals surface area contributed by atoms with Crippen LogP contribution in [0.2, 0.25) is 0 Å². The van der Waals surface area contributed by atoms with Crippen LogP contribution in [0.3, 0.4) is 0 Å². The molecule has 0 aliphatic carbocycles. The van der Waals surface area contributed by atoms with Crippen LogP contribution in [0.25, 0.3) is 0 Å². The maximum absolute atomic E-state index is 13.9. The number of halogens is 6. The van der Waals surface area contributed by atoms with Crippen LogP contribution in [0.5, 0.6) is 0 Å². The fraction of sp³-hybridized carbons (Fsp3) is 0.231. The Bertz CT molecular complexity index is 671. The van der Waals surface area contributed by atoms with Gasteiger partial charge in [-0.25, -0.2) is 22.0 Å². The Morgan fingerprint density at radius 1 is 1.00 bits per heavy atom. The summed E-state index contributed by atoms with van der Waals surface area (Å²) < 4.78 is 68.1. The van der Waals surface area contributed by atoms with Gasteiger partial charge in [-0.3, -0.25) is 0 Å². The molecule has 1 unspecified atom stereocenters. The van der Waals surface area contributed by atoms with E-state index in [1.807, 2.05) is 0 Å². The zero-order valence-electron chi connectivity index (χ0n) is 10.8.